The maximum Gasteiger partial charge on any atom is 0.227 e. The number of aromatic nitrogens is 2. The lowest BCUT2D eigenvalue weighted by molar-refractivity contribution is 0.478. The van der Waals surface area contributed by atoms with Gasteiger partial charge in [-0.1, -0.05) is 24.3 Å². The van der Waals surface area contributed by atoms with E-state index in [4.69, 9.17) is 9.97 Å². The van der Waals surface area contributed by atoms with E-state index in [9.17, 15) is 0 Å². The van der Waals surface area contributed by atoms with E-state index in [2.05, 4.69) is 53.6 Å². The van der Waals surface area contributed by atoms with Gasteiger partial charge in [-0.2, -0.15) is 4.98 Å². The standard InChI is InChI=1S/C20H27N5/c1-14-15(2)22-20(24-19(14)23-18-7-10-21-11-8-18)25-12-9-16-5-3-4-6-17(16)13-25/h3-6,18,21H,7-13H2,1-2H3,(H,22,23,24). The van der Waals surface area contributed by atoms with Gasteiger partial charge in [0.2, 0.25) is 5.95 Å². The van der Waals surface area contributed by atoms with Crippen molar-refractivity contribution in [1.82, 2.24) is 15.3 Å². The van der Waals surface area contributed by atoms with Gasteiger partial charge in [0.05, 0.1) is 0 Å². The van der Waals surface area contributed by atoms with Gasteiger partial charge in [-0.15, -0.1) is 0 Å². The molecule has 0 atom stereocenters. The molecular formula is C20H27N5. The van der Waals surface area contributed by atoms with Gasteiger partial charge in [0, 0.05) is 30.4 Å². The van der Waals surface area contributed by atoms with Crippen molar-refractivity contribution < 1.29 is 0 Å². The first-order chi connectivity index (χ1) is 12.2. The summed E-state index contributed by atoms with van der Waals surface area (Å²) in [6, 6.07) is 9.20. The van der Waals surface area contributed by atoms with Crippen molar-refractivity contribution in [3.8, 4) is 0 Å². The number of hydrogen-bond acceptors (Lipinski definition) is 5. The highest BCUT2D eigenvalue weighted by molar-refractivity contribution is 5.52. The normalized spacial score (nSPS) is 18.1. The summed E-state index contributed by atoms with van der Waals surface area (Å²) in [5.41, 5.74) is 5.08. The number of anilines is 2. The zero-order valence-corrected chi connectivity index (χ0v) is 15.2. The van der Waals surface area contributed by atoms with E-state index in [0.717, 1.165) is 62.9 Å². The minimum absolute atomic E-state index is 0.504. The predicted octanol–water partition coefficient (Wildman–Crippen LogP) is 2.82. The second-order valence-electron chi connectivity index (χ2n) is 7.19. The molecule has 2 aliphatic heterocycles. The summed E-state index contributed by atoms with van der Waals surface area (Å²) in [4.78, 5) is 12.0. The highest BCUT2D eigenvalue weighted by atomic mass is 15.3. The SMILES string of the molecule is Cc1nc(N2CCc3ccccc3C2)nc(NC2CCNCC2)c1C. The fourth-order valence-corrected chi connectivity index (χ4v) is 3.72. The second kappa shape index (κ2) is 7.00. The smallest absolute Gasteiger partial charge is 0.227 e. The Morgan fingerprint density at radius 3 is 2.64 bits per heavy atom. The molecule has 0 unspecified atom stereocenters. The Hall–Kier alpha value is -2.14. The maximum absolute atomic E-state index is 4.91. The summed E-state index contributed by atoms with van der Waals surface area (Å²) in [6.07, 6.45) is 3.35. The molecular weight excluding hydrogens is 310 g/mol. The average Bonchev–Trinajstić information content (AvgIpc) is 2.65. The third-order valence-corrected chi connectivity index (χ3v) is 5.47. The largest absolute Gasteiger partial charge is 0.367 e. The molecule has 2 aromatic rings. The molecule has 1 fully saturated rings. The number of piperidine rings is 1. The fraction of sp³-hybridized carbons (Fsp3) is 0.500. The summed E-state index contributed by atoms with van der Waals surface area (Å²) in [5, 5.41) is 7.09. The minimum atomic E-state index is 0.504. The van der Waals surface area contributed by atoms with Gasteiger partial charge >= 0.3 is 0 Å². The molecule has 0 saturated carbocycles. The molecule has 132 valence electrons. The molecule has 0 bridgehead atoms. The van der Waals surface area contributed by atoms with Gasteiger partial charge < -0.3 is 15.5 Å². The number of nitrogens with zero attached hydrogens (tertiary/aromatic N) is 3. The van der Waals surface area contributed by atoms with Crippen LogP contribution in [-0.2, 0) is 13.0 Å². The molecule has 0 spiro atoms. The Labute approximate surface area is 149 Å². The molecule has 1 saturated heterocycles. The first kappa shape index (κ1) is 16.3. The van der Waals surface area contributed by atoms with Crippen LogP contribution in [0.5, 0.6) is 0 Å². The van der Waals surface area contributed by atoms with E-state index in [0.29, 0.717) is 6.04 Å². The Morgan fingerprint density at radius 1 is 1.08 bits per heavy atom. The van der Waals surface area contributed by atoms with Crippen LogP contribution in [-0.4, -0.2) is 35.6 Å². The van der Waals surface area contributed by atoms with Crippen molar-refractivity contribution in [2.75, 3.05) is 29.9 Å². The molecule has 1 aromatic carbocycles. The van der Waals surface area contributed by atoms with Gasteiger partial charge in [-0.25, -0.2) is 4.98 Å². The molecule has 2 aliphatic rings. The Morgan fingerprint density at radius 2 is 1.84 bits per heavy atom. The number of fused-ring (bicyclic) bond motifs is 1. The highest BCUT2D eigenvalue weighted by Gasteiger charge is 2.21. The van der Waals surface area contributed by atoms with Crippen LogP contribution in [0, 0.1) is 13.8 Å². The number of aryl methyl sites for hydroxylation is 1. The fourth-order valence-electron chi connectivity index (χ4n) is 3.72. The topological polar surface area (TPSA) is 53.1 Å². The zero-order valence-electron chi connectivity index (χ0n) is 15.2. The van der Waals surface area contributed by atoms with E-state index in [1.54, 1.807) is 0 Å². The van der Waals surface area contributed by atoms with Gasteiger partial charge in [-0.05, 0) is 57.3 Å². The molecule has 4 rings (SSSR count). The molecule has 1 aromatic heterocycles. The van der Waals surface area contributed by atoms with E-state index in [1.807, 2.05) is 0 Å². The quantitative estimate of drug-likeness (QED) is 0.902. The molecule has 3 heterocycles. The Bertz CT molecular complexity index is 752. The van der Waals surface area contributed by atoms with Gasteiger partial charge in [0.15, 0.2) is 0 Å². The summed E-state index contributed by atoms with van der Waals surface area (Å²) in [5.74, 6) is 1.86. The van der Waals surface area contributed by atoms with Gasteiger partial charge in [0.25, 0.3) is 0 Å². The predicted molar refractivity (Wildman–Crippen MR) is 102 cm³/mol. The lowest BCUT2D eigenvalue weighted by Crippen LogP contribution is -2.36. The van der Waals surface area contributed by atoms with E-state index >= 15 is 0 Å². The van der Waals surface area contributed by atoms with Crippen LogP contribution >= 0.6 is 0 Å². The first-order valence-corrected chi connectivity index (χ1v) is 9.35. The van der Waals surface area contributed by atoms with Crippen molar-refractivity contribution in [3.05, 3.63) is 46.6 Å². The average molecular weight is 337 g/mol. The van der Waals surface area contributed by atoms with Crippen LogP contribution in [0.4, 0.5) is 11.8 Å². The van der Waals surface area contributed by atoms with Crippen molar-refractivity contribution in [1.29, 1.82) is 0 Å². The molecule has 2 N–H and O–H groups in total. The van der Waals surface area contributed by atoms with Crippen molar-refractivity contribution in [2.24, 2.45) is 0 Å². The van der Waals surface area contributed by atoms with Crippen LogP contribution in [0.25, 0.3) is 0 Å². The molecule has 25 heavy (non-hydrogen) atoms. The van der Waals surface area contributed by atoms with Crippen LogP contribution in [0.15, 0.2) is 24.3 Å². The summed E-state index contributed by atoms with van der Waals surface area (Å²) in [6.45, 7) is 8.24. The third-order valence-electron chi connectivity index (χ3n) is 5.47. The molecule has 0 amide bonds. The number of benzene rings is 1. The Balaban J connectivity index is 1.58. The van der Waals surface area contributed by atoms with Crippen molar-refractivity contribution >= 4 is 11.8 Å². The summed E-state index contributed by atoms with van der Waals surface area (Å²) >= 11 is 0. The molecule has 0 radical (unpaired) electrons. The zero-order chi connectivity index (χ0) is 17.2. The minimum Gasteiger partial charge on any atom is -0.367 e. The highest BCUT2D eigenvalue weighted by Crippen LogP contribution is 2.26. The van der Waals surface area contributed by atoms with Gasteiger partial charge in [0.1, 0.15) is 5.82 Å². The summed E-state index contributed by atoms with van der Waals surface area (Å²) in [7, 11) is 0. The maximum atomic E-state index is 4.91. The van der Waals surface area contributed by atoms with Crippen LogP contribution in [0.1, 0.15) is 35.2 Å². The number of hydrogen-bond donors (Lipinski definition) is 2. The van der Waals surface area contributed by atoms with Gasteiger partial charge in [-0.3, -0.25) is 0 Å². The lowest BCUT2D eigenvalue weighted by Gasteiger charge is -2.30. The second-order valence-corrected chi connectivity index (χ2v) is 7.19. The van der Waals surface area contributed by atoms with Crippen molar-refractivity contribution in [3.63, 3.8) is 0 Å². The lowest BCUT2D eigenvalue weighted by atomic mass is 10.0. The Kier molecular flexibility index (Phi) is 4.57. The number of rotatable bonds is 3. The first-order valence-electron chi connectivity index (χ1n) is 9.35. The molecule has 5 heteroatoms. The van der Waals surface area contributed by atoms with Crippen LogP contribution in [0.3, 0.4) is 0 Å². The van der Waals surface area contributed by atoms with E-state index in [-0.39, 0.29) is 0 Å². The number of nitrogens with one attached hydrogen (secondary N) is 2. The molecule has 5 nitrogen and oxygen atoms in total. The monoisotopic (exact) mass is 337 g/mol. The third kappa shape index (κ3) is 3.47. The molecule has 0 aliphatic carbocycles. The van der Waals surface area contributed by atoms with E-state index < -0.39 is 0 Å². The summed E-state index contributed by atoms with van der Waals surface area (Å²) < 4.78 is 0. The van der Waals surface area contributed by atoms with Crippen LogP contribution < -0.4 is 15.5 Å². The van der Waals surface area contributed by atoms with E-state index in [1.165, 1.54) is 16.7 Å². The van der Waals surface area contributed by atoms with Crippen molar-refractivity contribution in [2.45, 2.75) is 45.7 Å². The van der Waals surface area contributed by atoms with Crippen LogP contribution in [0.2, 0.25) is 0 Å².